The molecule has 2 aromatic rings. The predicted octanol–water partition coefficient (Wildman–Crippen LogP) is 3.92. The van der Waals surface area contributed by atoms with Crippen LogP contribution in [0.4, 0.5) is 5.69 Å². The molecular weight excluding hydrogens is 300 g/mol. The quantitative estimate of drug-likeness (QED) is 0.823. The third-order valence-corrected chi connectivity index (χ3v) is 4.28. The number of ether oxygens (including phenoxy) is 1. The molecule has 0 spiro atoms. The molecule has 1 atom stereocenters. The molecule has 1 aliphatic rings. The Morgan fingerprint density at radius 2 is 1.83 bits per heavy atom. The summed E-state index contributed by atoms with van der Waals surface area (Å²) in [5.74, 6) is 0.712. The summed E-state index contributed by atoms with van der Waals surface area (Å²) < 4.78 is 6.02. The van der Waals surface area contributed by atoms with Gasteiger partial charge in [-0.2, -0.15) is 0 Å². The zero-order valence-electron chi connectivity index (χ0n) is 14.6. The van der Waals surface area contributed by atoms with Crippen molar-refractivity contribution in [2.75, 3.05) is 5.73 Å². The lowest BCUT2D eigenvalue weighted by atomic mass is 9.89. The standard InChI is InChI=1S/C20H24N2O2/c1-12-7-13(2)9-14(8-12)19(23)22-17-11-20(3,4)24-18-6-5-15(21)10-16(17)18/h5-10,17H,11,21H2,1-4H3,(H,22,23). The van der Waals surface area contributed by atoms with Crippen molar-refractivity contribution in [3.8, 4) is 5.75 Å². The highest BCUT2D eigenvalue weighted by molar-refractivity contribution is 5.95. The molecule has 3 rings (SSSR count). The van der Waals surface area contributed by atoms with E-state index < -0.39 is 0 Å². The number of fused-ring (bicyclic) bond motifs is 1. The molecule has 0 fully saturated rings. The summed E-state index contributed by atoms with van der Waals surface area (Å²) in [6.45, 7) is 8.05. The van der Waals surface area contributed by atoms with Gasteiger partial charge >= 0.3 is 0 Å². The minimum Gasteiger partial charge on any atom is -0.487 e. The van der Waals surface area contributed by atoms with Crippen molar-refractivity contribution >= 4 is 11.6 Å². The van der Waals surface area contributed by atoms with Crippen LogP contribution in [-0.4, -0.2) is 11.5 Å². The first kappa shape index (κ1) is 16.4. The molecule has 3 N–H and O–H groups in total. The Morgan fingerprint density at radius 3 is 2.50 bits per heavy atom. The Bertz CT molecular complexity index is 776. The van der Waals surface area contributed by atoms with Crippen molar-refractivity contribution in [2.45, 2.75) is 45.8 Å². The van der Waals surface area contributed by atoms with E-state index in [9.17, 15) is 4.79 Å². The molecular formula is C20H24N2O2. The SMILES string of the molecule is Cc1cc(C)cc(C(=O)NC2CC(C)(C)Oc3ccc(N)cc32)c1. The van der Waals surface area contributed by atoms with Gasteiger partial charge in [0.15, 0.2) is 0 Å². The summed E-state index contributed by atoms with van der Waals surface area (Å²) in [4.78, 5) is 12.7. The first-order chi connectivity index (χ1) is 11.2. The van der Waals surface area contributed by atoms with E-state index in [0.717, 1.165) is 22.4 Å². The maximum Gasteiger partial charge on any atom is 0.251 e. The van der Waals surface area contributed by atoms with E-state index in [1.165, 1.54) is 0 Å². The van der Waals surface area contributed by atoms with Crippen LogP contribution in [0.1, 0.15) is 53.4 Å². The summed E-state index contributed by atoms with van der Waals surface area (Å²) >= 11 is 0. The van der Waals surface area contributed by atoms with Gasteiger partial charge in [-0.25, -0.2) is 0 Å². The summed E-state index contributed by atoms with van der Waals surface area (Å²) in [5, 5.41) is 3.15. The van der Waals surface area contributed by atoms with E-state index in [1.54, 1.807) is 0 Å². The van der Waals surface area contributed by atoms with Crippen LogP contribution in [0, 0.1) is 13.8 Å². The Labute approximate surface area is 143 Å². The van der Waals surface area contributed by atoms with Crippen molar-refractivity contribution in [1.82, 2.24) is 5.32 Å². The van der Waals surface area contributed by atoms with E-state index in [4.69, 9.17) is 10.5 Å². The molecule has 1 heterocycles. The van der Waals surface area contributed by atoms with Gasteiger partial charge in [0.05, 0.1) is 6.04 Å². The molecule has 4 heteroatoms. The number of hydrogen-bond acceptors (Lipinski definition) is 3. The van der Waals surface area contributed by atoms with Crippen LogP contribution in [0.2, 0.25) is 0 Å². The van der Waals surface area contributed by atoms with Gasteiger partial charge in [0.2, 0.25) is 0 Å². The zero-order valence-corrected chi connectivity index (χ0v) is 14.6. The maximum atomic E-state index is 12.7. The Balaban J connectivity index is 1.91. The fourth-order valence-corrected chi connectivity index (χ4v) is 3.35. The van der Waals surface area contributed by atoms with Crippen LogP contribution in [-0.2, 0) is 0 Å². The monoisotopic (exact) mass is 324 g/mol. The van der Waals surface area contributed by atoms with E-state index in [0.29, 0.717) is 17.7 Å². The number of benzene rings is 2. The van der Waals surface area contributed by atoms with Gasteiger partial charge < -0.3 is 15.8 Å². The number of nitrogens with one attached hydrogen (secondary N) is 1. The fourth-order valence-electron chi connectivity index (χ4n) is 3.35. The molecule has 126 valence electrons. The number of anilines is 1. The van der Waals surface area contributed by atoms with Crippen LogP contribution in [0.3, 0.4) is 0 Å². The Hall–Kier alpha value is -2.49. The maximum absolute atomic E-state index is 12.7. The Morgan fingerprint density at radius 1 is 1.17 bits per heavy atom. The molecule has 2 aromatic carbocycles. The number of amides is 1. The smallest absolute Gasteiger partial charge is 0.251 e. The number of nitrogens with two attached hydrogens (primary N) is 1. The second-order valence-electron chi connectivity index (χ2n) is 7.27. The highest BCUT2D eigenvalue weighted by atomic mass is 16.5. The minimum atomic E-state index is -0.344. The van der Waals surface area contributed by atoms with Crippen molar-refractivity contribution in [3.63, 3.8) is 0 Å². The first-order valence-electron chi connectivity index (χ1n) is 8.21. The normalized spacial score (nSPS) is 18.4. The molecule has 4 nitrogen and oxygen atoms in total. The van der Waals surface area contributed by atoms with Crippen LogP contribution in [0.5, 0.6) is 5.75 Å². The number of carbonyl (C=O) groups is 1. The summed E-state index contributed by atoms with van der Waals surface area (Å²) in [5.41, 5.74) is 10.0. The summed E-state index contributed by atoms with van der Waals surface area (Å²) in [6, 6.07) is 11.3. The average molecular weight is 324 g/mol. The number of nitrogen functional groups attached to an aromatic ring is 1. The van der Waals surface area contributed by atoms with Gasteiger partial charge in [0.25, 0.3) is 5.91 Å². The number of hydrogen-bond donors (Lipinski definition) is 2. The number of aryl methyl sites for hydroxylation is 2. The molecule has 0 aromatic heterocycles. The third-order valence-electron chi connectivity index (χ3n) is 4.28. The number of carbonyl (C=O) groups excluding carboxylic acids is 1. The van der Waals surface area contributed by atoms with E-state index in [2.05, 4.69) is 11.4 Å². The molecule has 24 heavy (non-hydrogen) atoms. The van der Waals surface area contributed by atoms with Crippen LogP contribution < -0.4 is 15.8 Å². The lowest BCUT2D eigenvalue weighted by Gasteiger charge is -2.38. The van der Waals surface area contributed by atoms with E-state index >= 15 is 0 Å². The highest BCUT2D eigenvalue weighted by Crippen LogP contribution is 2.40. The molecule has 1 unspecified atom stereocenters. The van der Waals surface area contributed by atoms with E-state index in [-0.39, 0.29) is 17.6 Å². The molecule has 0 saturated carbocycles. The van der Waals surface area contributed by atoms with Gasteiger partial charge in [-0.3, -0.25) is 4.79 Å². The first-order valence-corrected chi connectivity index (χ1v) is 8.21. The highest BCUT2D eigenvalue weighted by Gasteiger charge is 2.34. The topological polar surface area (TPSA) is 64.3 Å². The van der Waals surface area contributed by atoms with Crippen LogP contribution in [0.25, 0.3) is 0 Å². The van der Waals surface area contributed by atoms with Crippen molar-refractivity contribution < 1.29 is 9.53 Å². The van der Waals surface area contributed by atoms with E-state index in [1.807, 2.05) is 58.0 Å². The largest absolute Gasteiger partial charge is 0.487 e. The summed E-state index contributed by atoms with van der Waals surface area (Å²) in [7, 11) is 0. The Kier molecular flexibility index (Phi) is 3.99. The lowest BCUT2D eigenvalue weighted by Crippen LogP contribution is -2.41. The molecule has 0 saturated heterocycles. The van der Waals surface area contributed by atoms with Gasteiger partial charge in [0, 0.05) is 23.2 Å². The third kappa shape index (κ3) is 3.37. The molecule has 1 amide bonds. The van der Waals surface area contributed by atoms with Crippen LogP contribution in [0.15, 0.2) is 36.4 Å². The molecule has 0 radical (unpaired) electrons. The van der Waals surface area contributed by atoms with Crippen molar-refractivity contribution in [3.05, 3.63) is 58.7 Å². The van der Waals surface area contributed by atoms with Gasteiger partial charge in [0.1, 0.15) is 11.4 Å². The van der Waals surface area contributed by atoms with Crippen molar-refractivity contribution in [1.29, 1.82) is 0 Å². The molecule has 1 aliphatic heterocycles. The van der Waals surface area contributed by atoms with Crippen LogP contribution >= 0.6 is 0 Å². The minimum absolute atomic E-state index is 0.0714. The predicted molar refractivity (Wildman–Crippen MR) is 96.3 cm³/mol. The van der Waals surface area contributed by atoms with Gasteiger partial charge in [-0.05, 0) is 58.0 Å². The molecule has 0 aliphatic carbocycles. The number of rotatable bonds is 2. The lowest BCUT2D eigenvalue weighted by molar-refractivity contribution is 0.0620. The zero-order chi connectivity index (χ0) is 17.5. The fraction of sp³-hybridized carbons (Fsp3) is 0.350. The summed E-state index contributed by atoms with van der Waals surface area (Å²) in [6.07, 6.45) is 0.694. The van der Waals surface area contributed by atoms with Gasteiger partial charge in [-0.15, -0.1) is 0 Å². The second-order valence-corrected chi connectivity index (χ2v) is 7.27. The molecule has 0 bridgehead atoms. The second kappa shape index (κ2) is 5.86. The van der Waals surface area contributed by atoms with Crippen molar-refractivity contribution in [2.24, 2.45) is 0 Å². The average Bonchev–Trinajstić information content (AvgIpc) is 2.46. The van der Waals surface area contributed by atoms with Gasteiger partial charge in [-0.1, -0.05) is 17.2 Å².